The molecule has 2 rings (SSSR count). The quantitative estimate of drug-likeness (QED) is 0.833. The van der Waals surface area contributed by atoms with Gasteiger partial charge in [0.2, 0.25) is 0 Å². The van der Waals surface area contributed by atoms with E-state index in [4.69, 9.17) is 11.0 Å². The molecule has 1 aromatic carbocycles. The molecule has 0 saturated carbocycles. The average Bonchev–Trinajstić information content (AvgIpc) is 2.73. The van der Waals surface area contributed by atoms with Gasteiger partial charge in [-0.1, -0.05) is 13.0 Å². The summed E-state index contributed by atoms with van der Waals surface area (Å²) in [5, 5.41) is 7.95. The zero-order chi connectivity index (χ0) is 13.3. The lowest BCUT2D eigenvalue weighted by Crippen LogP contribution is -2.36. The van der Waals surface area contributed by atoms with Crippen molar-refractivity contribution in [2.24, 2.45) is 0 Å². The summed E-state index contributed by atoms with van der Waals surface area (Å²) < 4.78 is 26.0. The van der Waals surface area contributed by atoms with Crippen LogP contribution in [0, 0.1) is 11.3 Å². The minimum atomic E-state index is -3.61. The van der Waals surface area contributed by atoms with Crippen molar-refractivity contribution in [2.45, 2.75) is 25.0 Å². The summed E-state index contributed by atoms with van der Waals surface area (Å²) in [6.07, 6.45) is 0.948. The van der Waals surface area contributed by atoms with Gasteiger partial charge >= 0.3 is 0 Å². The second-order valence-electron chi connectivity index (χ2n) is 4.28. The fourth-order valence-corrected chi connectivity index (χ4v) is 3.80. The van der Waals surface area contributed by atoms with Gasteiger partial charge in [-0.2, -0.15) is 5.26 Å². The lowest BCUT2D eigenvalue weighted by molar-refractivity contribution is 0.583. The Morgan fingerprint density at radius 2 is 2.28 bits per heavy atom. The highest BCUT2D eigenvalue weighted by molar-refractivity contribution is 7.93. The number of hydrogen-bond donors (Lipinski definition) is 1. The van der Waals surface area contributed by atoms with Gasteiger partial charge in [-0.05, 0) is 30.5 Å². The van der Waals surface area contributed by atoms with Gasteiger partial charge in [0.15, 0.2) is 5.25 Å². The molecule has 6 heteroatoms. The number of sulfonamides is 1. The van der Waals surface area contributed by atoms with E-state index in [-0.39, 0.29) is 6.42 Å². The lowest BCUT2D eigenvalue weighted by Gasteiger charge is -2.22. The zero-order valence-corrected chi connectivity index (χ0v) is 10.9. The monoisotopic (exact) mass is 265 g/mol. The van der Waals surface area contributed by atoms with E-state index >= 15 is 0 Å². The number of benzene rings is 1. The number of nitrogen functional groups attached to an aromatic ring is 1. The molecule has 1 aliphatic rings. The van der Waals surface area contributed by atoms with Gasteiger partial charge in [-0.3, -0.25) is 4.31 Å². The molecule has 96 valence electrons. The fraction of sp³-hybridized carbons (Fsp3) is 0.417. The highest BCUT2D eigenvalue weighted by Gasteiger charge is 2.35. The van der Waals surface area contributed by atoms with Crippen LogP contribution in [0.3, 0.4) is 0 Å². The number of fused-ring (bicyclic) bond motifs is 1. The third-order valence-corrected chi connectivity index (χ3v) is 5.30. The fourth-order valence-electron chi connectivity index (χ4n) is 2.15. The molecular weight excluding hydrogens is 250 g/mol. The van der Waals surface area contributed by atoms with Crippen LogP contribution in [0.15, 0.2) is 18.2 Å². The first-order valence-electron chi connectivity index (χ1n) is 5.80. The van der Waals surface area contributed by atoms with Crippen molar-refractivity contribution in [1.82, 2.24) is 0 Å². The molecule has 1 unspecified atom stereocenters. The maximum absolute atomic E-state index is 12.3. The van der Waals surface area contributed by atoms with E-state index in [1.54, 1.807) is 19.1 Å². The van der Waals surface area contributed by atoms with Crippen LogP contribution in [0.25, 0.3) is 0 Å². The van der Waals surface area contributed by atoms with Gasteiger partial charge in [0.05, 0.1) is 11.8 Å². The summed E-state index contributed by atoms with van der Waals surface area (Å²) in [7, 11) is -3.61. The molecule has 5 nitrogen and oxygen atoms in total. The summed E-state index contributed by atoms with van der Waals surface area (Å²) in [5.74, 6) is 0. The van der Waals surface area contributed by atoms with Crippen molar-refractivity contribution < 1.29 is 8.42 Å². The van der Waals surface area contributed by atoms with Gasteiger partial charge in [-0.15, -0.1) is 0 Å². The molecule has 1 aliphatic heterocycles. The molecular formula is C12H15N3O2S. The zero-order valence-electron chi connectivity index (χ0n) is 10.1. The molecule has 0 fully saturated rings. The number of nitrogens with two attached hydrogens (primary N) is 1. The van der Waals surface area contributed by atoms with Crippen molar-refractivity contribution in [3.63, 3.8) is 0 Å². The number of rotatable bonds is 3. The Morgan fingerprint density at radius 3 is 2.89 bits per heavy atom. The first kappa shape index (κ1) is 12.7. The molecule has 0 aliphatic carbocycles. The van der Waals surface area contributed by atoms with Crippen molar-refractivity contribution in [1.29, 1.82) is 5.26 Å². The van der Waals surface area contributed by atoms with Crippen LogP contribution < -0.4 is 10.0 Å². The van der Waals surface area contributed by atoms with Gasteiger partial charge in [0, 0.05) is 12.2 Å². The smallest absolute Gasteiger partial charge is 0.251 e. The molecule has 1 heterocycles. The summed E-state index contributed by atoms with van der Waals surface area (Å²) in [4.78, 5) is 0. The van der Waals surface area contributed by atoms with Crippen molar-refractivity contribution in [3.8, 4) is 6.07 Å². The third kappa shape index (κ3) is 1.91. The van der Waals surface area contributed by atoms with Crippen LogP contribution in [-0.4, -0.2) is 20.2 Å². The van der Waals surface area contributed by atoms with Crippen LogP contribution in [-0.2, 0) is 16.4 Å². The minimum absolute atomic E-state index is 0.285. The van der Waals surface area contributed by atoms with E-state index in [0.29, 0.717) is 24.3 Å². The molecule has 0 radical (unpaired) electrons. The Bertz CT molecular complexity index is 604. The molecule has 0 spiro atoms. The molecule has 1 aromatic rings. The van der Waals surface area contributed by atoms with Crippen molar-refractivity contribution >= 4 is 21.4 Å². The lowest BCUT2D eigenvalue weighted by atomic mass is 10.1. The third-order valence-electron chi connectivity index (χ3n) is 3.14. The van der Waals surface area contributed by atoms with E-state index in [2.05, 4.69) is 0 Å². The topological polar surface area (TPSA) is 87.2 Å². The summed E-state index contributed by atoms with van der Waals surface area (Å²) in [6.45, 7) is 2.08. The maximum atomic E-state index is 12.3. The van der Waals surface area contributed by atoms with Crippen LogP contribution >= 0.6 is 0 Å². The predicted octanol–water partition coefficient (Wildman–Crippen LogP) is 1.26. The highest BCUT2D eigenvalue weighted by atomic mass is 32.2. The van der Waals surface area contributed by atoms with Gasteiger partial charge < -0.3 is 5.73 Å². The molecule has 0 amide bonds. The Kier molecular flexibility index (Phi) is 3.18. The number of hydrogen-bond acceptors (Lipinski definition) is 4. The Balaban J connectivity index is 2.46. The van der Waals surface area contributed by atoms with Gasteiger partial charge in [0.25, 0.3) is 10.0 Å². The SMILES string of the molecule is CCC(C#N)S(=O)(=O)N1CCc2ccc(N)cc21. The number of nitriles is 1. The first-order chi connectivity index (χ1) is 8.50. The average molecular weight is 265 g/mol. The molecule has 2 N–H and O–H groups in total. The van der Waals surface area contributed by atoms with Crippen LogP contribution in [0.5, 0.6) is 0 Å². The summed E-state index contributed by atoms with van der Waals surface area (Å²) in [5.41, 5.74) is 7.79. The molecule has 0 saturated heterocycles. The Hall–Kier alpha value is -1.74. The van der Waals surface area contributed by atoms with E-state index < -0.39 is 15.3 Å². The van der Waals surface area contributed by atoms with Crippen LogP contribution in [0.4, 0.5) is 11.4 Å². The second kappa shape index (κ2) is 4.50. The Labute approximate surface area is 107 Å². The Morgan fingerprint density at radius 1 is 1.56 bits per heavy atom. The van der Waals surface area contributed by atoms with Crippen LogP contribution in [0.2, 0.25) is 0 Å². The summed E-state index contributed by atoms with van der Waals surface area (Å²) in [6, 6.07) is 7.11. The van der Waals surface area contributed by atoms with E-state index in [1.165, 1.54) is 4.31 Å². The normalized spacial score (nSPS) is 16.1. The number of nitrogens with zero attached hydrogens (tertiary/aromatic N) is 2. The second-order valence-corrected chi connectivity index (χ2v) is 6.32. The van der Waals surface area contributed by atoms with E-state index in [0.717, 1.165) is 5.56 Å². The van der Waals surface area contributed by atoms with E-state index in [9.17, 15) is 8.42 Å². The standard InChI is InChI=1S/C12H15N3O2S/c1-2-11(8-13)18(16,17)15-6-5-9-3-4-10(14)7-12(9)15/h3-4,7,11H,2,5-6,14H2,1H3. The largest absolute Gasteiger partial charge is 0.399 e. The molecule has 0 aromatic heterocycles. The molecule has 18 heavy (non-hydrogen) atoms. The van der Waals surface area contributed by atoms with E-state index in [1.807, 2.05) is 12.1 Å². The minimum Gasteiger partial charge on any atom is -0.399 e. The van der Waals surface area contributed by atoms with Gasteiger partial charge in [-0.25, -0.2) is 8.42 Å². The maximum Gasteiger partial charge on any atom is 0.251 e. The molecule has 1 atom stereocenters. The first-order valence-corrected chi connectivity index (χ1v) is 7.30. The molecule has 0 bridgehead atoms. The predicted molar refractivity (Wildman–Crippen MR) is 70.5 cm³/mol. The summed E-state index contributed by atoms with van der Waals surface area (Å²) >= 11 is 0. The van der Waals surface area contributed by atoms with Crippen LogP contribution in [0.1, 0.15) is 18.9 Å². The number of anilines is 2. The van der Waals surface area contributed by atoms with Crippen molar-refractivity contribution in [3.05, 3.63) is 23.8 Å². The highest BCUT2D eigenvalue weighted by Crippen LogP contribution is 2.33. The van der Waals surface area contributed by atoms with Crippen molar-refractivity contribution in [2.75, 3.05) is 16.6 Å². The van der Waals surface area contributed by atoms with Gasteiger partial charge in [0.1, 0.15) is 0 Å².